The summed E-state index contributed by atoms with van der Waals surface area (Å²) in [6, 6.07) is 3.46. The van der Waals surface area contributed by atoms with Crippen LogP contribution in [0.25, 0.3) is 11.4 Å². The lowest BCUT2D eigenvalue weighted by Gasteiger charge is -2.02. The van der Waals surface area contributed by atoms with Gasteiger partial charge in [0.15, 0.2) is 5.15 Å². The largest absolute Gasteiger partial charge is 0.266 e. The SMILES string of the molecule is Cc1cc(-c2nnc(Cl)cc2Cl)n(C)n1. The Bertz CT molecular complexity index is 507. The number of aryl methyl sites for hydroxylation is 2. The van der Waals surface area contributed by atoms with Crippen LogP contribution in [-0.2, 0) is 7.05 Å². The van der Waals surface area contributed by atoms with Gasteiger partial charge in [0, 0.05) is 7.05 Å². The monoisotopic (exact) mass is 242 g/mol. The fourth-order valence-corrected chi connectivity index (χ4v) is 1.79. The van der Waals surface area contributed by atoms with Crippen molar-refractivity contribution in [3.63, 3.8) is 0 Å². The summed E-state index contributed by atoms with van der Waals surface area (Å²) in [4.78, 5) is 0. The molecule has 2 heterocycles. The van der Waals surface area contributed by atoms with Gasteiger partial charge in [-0.1, -0.05) is 23.2 Å². The maximum absolute atomic E-state index is 6.02. The molecule has 0 amide bonds. The molecule has 0 aliphatic heterocycles. The molecule has 0 aromatic carbocycles. The minimum Gasteiger partial charge on any atom is -0.266 e. The van der Waals surface area contributed by atoms with E-state index in [-0.39, 0.29) is 5.15 Å². The summed E-state index contributed by atoms with van der Waals surface area (Å²) in [5.74, 6) is 0. The number of aromatic nitrogens is 4. The second-order valence-electron chi connectivity index (χ2n) is 3.16. The van der Waals surface area contributed by atoms with Crippen LogP contribution < -0.4 is 0 Å². The van der Waals surface area contributed by atoms with Crippen LogP contribution in [0.15, 0.2) is 12.1 Å². The van der Waals surface area contributed by atoms with Gasteiger partial charge in [0.1, 0.15) is 5.69 Å². The van der Waals surface area contributed by atoms with Crippen molar-refractivity contribution >= 4 is 23.2 Å². The maximum atomic E-state index is 6.02. The summed E-state index contributed by atoms with van der Waals surface area (Å²) in [5.41, 5.74) is 2.31. The summed E-state index contributed by atoms with van der Waals surface area (Å²) in [5, 5.41) is 12.7. The Morgan fingerprint density at radius 2 is 1.93 bits per heavy atom. The molecule has 0 aliphatic rings. The molecule has 0 saturated carbocycles. The molecular weight excluding hydrogens is 235 g/mol. The van der Waals surface area contributed by atoms with Crippen LogP contribution in [0.3, 0.4) is 0 Å². The first kappa shape index (κ1) is 10.4. The minimum atomic E-state index is 0.280. The van der Waals surface area contributed by atoms with Crippen LogP contribution >= 0.6 is 23.2 Å². The van der Waals surface area contributed by atoms with Crippen molar-refractivity contribution in [3.05, 3.63) is 28.0 Å². The molecule has 2 aromatic heterocycles. The molecule has 4 nitrogen and oxygen atoms in total. The molecule has 0 N–H and O–H groups in total. The van der Waals surface area contributed by atoms with Crippen molar-refractivity contribution in [1.29, 1.82) is 0 Å². The van der Waals surface area contributed by atoms with Gasteiger partial charge in [-0.15, -0.1) is 10.2 Å². The lowest BCUT2D eigenvalue weighted by atomic mass is 10.2. The normalized spacial score (nSPS) is 10.7. The second-order valence-corrected chi connectivity index (χ2v) is 3.95. The molecule has 0 radical (unpaired) electrons. The average Bonchev–Trinajstić information content (AvgIpc) is 2.45. The van der Waals surface area contributed by atoms with E-state index in [2.05, 4.69) is 15.3 Å². The Kier molecular flexibility index (Phi) is 2.63. The van der Waals surface area contributed by atoms with E-state index in [9.17, 15) is 0 Å². The van der Waals surface area contributed by atoms with Crippen LogP contribution in [-0.4, -0.2) is 20.0 Å². The van der Waals surface area contributed by atoms with Gasteiger partial charge in [0.2, 0.25) is 0 Å². The zero-order chi connectivity index (χ0) is 11.0. The summed E-state index contributed by atoms with van der Waals surface area (Å²) in [6.07, 6.45) is 0. The van der Waals surface area contributed by atoms with Crippen molar-refractivity contribution in [2.75, 3.05) is 0 Å². The van der Waals surface area contributed by atoms with Gasteiger partial charge in [-0.2, -0.15) is 5.10 Å². The van der Waals surface area contributed by atoms with Crippen LogP contribution in [0.5, 0.6) is 0 Å². The van der Waals surface area contributed by atoms with Gasteiger partial charge in [-0.3, -0.25) is 4.68 Å². The van der Waals surface area contributed by atoms with Gasteiger partial charge in [0.25, 0.3) is 0 Å². The van der Waals surface area contributed by atoms with Crippen LogP contribution in [0.2, 0.25) is 10.2 Å². The second kappa shape index (κ2) is 3.79. The molecule has 0 spiro atoms. The molecule has 2 rings (SSSR count). The van der Waals surface area contributed by atoms with Gasteiger partial charge in [-0.05, 0) is 19.1 Å². The van der Waals surface area contributed by atoms with Crippen LogP contribution in [0.4, 0.5) is 0 Å². The van der Waals surface area contributed by atoms with E-state index < -0.39 is 0 Å². The van der Waals surface area contributed by atoms with E-state index >= 15 is 0 Å². The van der Waals surface area contributed by atoms with Crippen molar-refractivity contribution in [2.24, 2.45) is 7.05 Å². The fourth-order valence-electron chi connectivity index (χ4n) is 1.35. The van der Waals surface area contributed by atoms with Crippen molar-refractivity contribution < 1.29 is 0 Å². The van der Waals surface area contributed by atoms with Gasteiger partial charge < -0.3 is 0 Å². The third-order valence-corrected chi connectivity index (χ3v) is 2.43. The summed E-state index contributed by atoms with van der Waals surface area (Å²) in [7, 11) is 1.83. The molecule has 0 atom stereocenters. The quantitative estimate of drug-likeness (QED) is 0.772. The molecule has 15 heavy (non-hydrogen) atoms. The maximum Gasteiger partial charge on any atom is 0.153 e. The average molecular weight is 243 g/mol. The number of nitrogens with zero attached hydrogens (tertiary/aromatic N) is 4. The summed E-state index contributed by atoms with van der Waals surface area (Å²) < 4.78 is 1.71. The Morgan fingerprint density at radius 1 is 1.20 bits per heavy atom. The molecule has 0 fully saturated rings. The fraction of sp³-hybridized carbons (Fsp3) is 0.222. The van der Waals surface area contributed by atoms with Crippen LogP contribution in [0, 0.1) is 6.92 Å². The Morgan fingerprint density at radius 3 is 2.47 bits per heavy atom. The molecule has 6 heteroatoms. The summed E-state index contributed by atoms with van der Waals surface area (Å²) >= 11 is 11.7. The lowest BCUT2D eigenvalue weighted by Crippen LogP contribution is -1.97. The van der Waals surface area contributed by atoms with Gasteiger partial charge in [-0.25, -0.2) is 0 Å². The van der Waals surface area contributed by atoms with E-state index in [1.807, 2.05) is 20.0 Å². The Balaban J connectivity index is 2.59. The number of rotatable bonds is 1. The van der Waals surface area contributed by atoms with E-state index in [4.69, 9.17) is 23.2 Å². The predicted molar refractivity (Wildman–Crippen MR) is 59.0 cm³/mol. The van der Waals surface area contributed by atoms with E-state index in [1.165, 1.54) is 0 Å². The summed E-state index contributed by atoms with van der Waals surface area (Å²) in [6.45, 7) is 1.90. The molecule has 78 valence electrons. The zero-order valence-electron chi connectivity index (χ0n) is 8.20. The van der Waals surface area contributed by atoms with Gasteiger partial charge >= 0.3 is 0 Å². The highest BCUT2D eigenvalue weighted by Crippen LogP contribution is 2.26. The Labute approximate surface area is 96.8 Å². The highest BCUT2D eigenvalue weighted by molar-refractivity contribution is 6.35. The van der Waals surface area contributed by atoms with Gasteiger partial charge in [0.05, 0.1) is 16.4 Å². The highest BCUT2D eigenvalue weighted by Gasteiger charge is 2.11. The molecular formula is C9H8Cl2N4. The topological polar surface area (TPSA) is 43.6 Å². The molecule has 0 saturated heterocycles. The minimum absolute atomic E-state index is 0.280. The van der Waals surface area contributed by atoms with Crippen molar-refractivity contribution in [1.82, 2.24) is 20.0 Å². The molecule has 0 unspecified atom stereocenters. The number of hydrogen-bond donors (Lipinski definition) is 0. The van der Waals surface area contributed by atoms with E-state index in [1.54, 1.807) is 10.7 Å². The first-order valence-corrected chi connectivity index (χ1v) is 5.03. The third kappa shape index (κ3) is 1.96. The highest BCUT2D eigenvalue weighted by atomic mass is 35.5. The lowest BCUT2D eigenvalue weighted by molar-refractivity contribution is 0.760. The molecule has 2 aromatic rings. The van der Waals surface area contributed by atoms with Crippen molar-refractivity contribution in [3.8, 4) is 11.4 Å². The molecule has 0 bridgehead atoms. The first-order valence-electron chi connectivity index (χ1n) is 4.27. The van der Waals surface area contributed by atoms with E-state index in [0.29, 0.717) is 10.7 Å². The predicted octanol–water partition coefficient (Wildman–Crippen LogP) is 2.49. The third-order valence-electron chi connectivity index (χ3n) is 1.96. The number of halogens is 2. The van der Waals surface area contributed by atoms with Crippen molar-refractivity contribution in [2.45, 2.75) is 6.92 Å². The zero-order valence-corrected chi connectivity index (χ0v) is 9.71. The first-order chi connectivity index (χ1) is 7.08. The smallest absolute Gasteiger partial charge is 0.153 e. The number of hydrogen-bond acceptors (Lipinski definition) is 3. The molecule has 0 aliphatic carbocycles. The Hall–Kier alpha value is -1.13. The van der Waals surface area contributed by atoms with E-state index in [0.717, 1.165) is 11.4 Å². The van der Waals surface area contributed by atoms with Crippen LogP contribution in [0.1, 0.15) is 5.69 Å². The standard InChI is InChI=1S/C9H8Cl2N4/c1-5-3-7(15(2)14-5)9-6(10)4-8(11)12-13-9/h3-4H,1-2H3.